The minimum atomic E-state index is -1.82. The van der Waals surface area contributed by atoms with Crippen LogP contribution >= 0.6 is 0 Å². The molecule has 1 fully saturated rings. The number of hydrogen-bond donors (Lipinski definition) is 1. The Hall–Kier alpha value is -3.22. The van der Waals surface area contributed by atoms with Crippen molar-refractivity contribution in [1.82, 2.24) is 9.13 Å². The fourth-order valence-corrected chi connectivity index (χ4v) is 3.60. The first-order valence-electron chi connectivity index (χ1n) is 10.4. The van der Waals surface area contributed by atoms with Crippen molar-refractivity contribution in [2.75, 3.05) is 11.9 Å². The summed E-state index contributed by atoms with van der Waals surface area (Å²) in [5.74, 6) is 1.37. The largest absolute Gasteiger partial charge is 0.358 e. The molecule has 1 N–H and O–H groups in total. The van der Waals surface area contributed by atoms with Crippen LogP contribution in [-0.4, -0.2) is 29.7 Å². The van der Waals surface area contributed by atoms with Crippen molar-refractivity contribution < 1.29 is 13.9 Å². The van der Waals surface area contributed by atoms with Crippen molar-refractivity contribution >= 4 is 19.7 Å². The Kier molecular flexibility index (Phi) is 7.28. The van der Waals surface area contributed by atoms with Crippen LogP contribution in [0.15, 0.2) is 57.8 Å². The molecule has 0 aliphatic carbocycles. The van der Waals surface area contributed by atoms with E-state index in [1.165, 1.54) is 6.08 Å². The van der Waals surface area contributed by atoms with Gasteiger partial charge in [0.15, 0.2) is 0 Å². The van der Waals surface area contributed by atoms with Crippen molar-refractivity contribution in [3.05, 3.63) is 74.8 Å². The van der Waals surface area contributed by atoms with E-state index in [9.17, 15) is 18.8 Å². The molecule has 1 aromatic heterocycles. The first-order valence-corrected chi connectivity index (χ1v) is 13.9. The first-order chi connectivity index (χ1) is 15.2. The standard InChI is InChI=1S/C23H26FN3O4Si/c1-32(2,3)15-12-17(21(28)25-18-8-5-4-6-9-18)11-13-26-22(29)19(24)16-27(23(26)30)20-10-7-14-31-20/h4-6,8-9,11,16,20H,7,10,13-14H2,1-3H3,(H,25,28)/b17-11+/t20-/m1/s1. The molecular weight excluding hydrogens is 429 g/mol. The van der Waals surface area contributed by atoms with E-state index in [0.29, 0.717) is 18.7 Å². The van der Waals surface area contributed by atoms with Crippen LogP contribution in [0.1, 0.15) is 19.1 Å². The van der Waals surface area contributed by atoms with Crippen LogP contribution in [0, 0.1) is 17.3 Å². The highest BCUT2D eigenvalue weighted by Crippen LogP contribution is 2.20. The second kappa shape index (κ2) is 9.93. The summed E-state index contributed by atoms with van der Waals surface area (Å²) in [6, 6.07) is 8.86. The predicted molar refractivity (Wildman–Crippen MR) is 123 cm³/mol. The number of anilines is 1. The Morgan fingerprint density at radius 1 is 1.28 bits per heavy atom. The second-order valence-electron chi connectivity index (χ2n) is 8.49. The zero-order valence-corrected chi connectivity index (χ0v) is 19.4. The van der Waals surface area contributed by atoms with Crippen molar-refractivity contribution in [3.63, 3.8) is 0 Å². The van der Waals surface area contributed by atoms with E-state index in [1.54, 1.807) is 24.3 Å². The minimum Gasteiger partial charge on any atom is -0.358 e. The van der Waals surface area contributed by atoms with Crippen molar-refractivity contribution in [2.45, 2.75) is 45.3 Å². The molecule has 32 heavy (non-hydrogen) atoms. The number of nitrogens with zero attached hydrogens (tertiary/aromatic N) is 2. The van der Waals surface area contributed by atoms with E-state index >= 15 is 0 Å². The molecule has 0 saturated carbocycles. The summed E-state index contributed by atoms with van der Waals surface area (Å²) < 4.78 is 21.6. The van der Waals surface area contributed by atoms with E-state index in [-0.39, 0.29) is 12.1 Å². The van der Waals surface area contributed by atoms with Gasteiger partial charge in [-0.3, -0.25) is 18.7 Å². The number of carbonyl (C=O) groups excluding carboxylic acids is 1. The predicted octanol–water partition coefficient (Wildman–Crippen LogP) is 2.90. The number of amides is 1. The molecule has 1 saturated heterocycles. The Morgan fingerprint density at radius 3 is 2.62 bits per heavy atom. The summed E-state index contributed by atoms with van der Waals surface area (Å²) in [4.78, 5) is 38.0. The fourth-order valence-electron chi connectivity index (χ4n) is 3.09. The van der Waals surface area contributed by atoms with Gasteiger partial charge in [-0.1, -0.05) is 43.8 Å². The first kappa shape index (κ1) is 23.4. The maximum Gasteiger partial charge on any atom is 0.333 e. The van der Waals surface area contributed by atoms with Crippen LogP contribution in [-0.2, 0) is 16.1 Å². The maximum atomic E-state index is 14.3. The number of para-hydroxylation sites is 1. The van der Waals surface area contributed by atoms with Crippen LogP contribution in [0.25, 0.3) is 0 Å². The van der Waals surface area contributed by atoms with E-state index in [4.69, 9.17) is 4.74 Å². The lowest BCUT2D eigenvalue weighted by molar-refractivity contribution is -0.112. The van der Waals surface area contributed by atoms with E-state index < -0.39 is 37.3 Å². The van der Waals surface area contributed by atoms with Crippen molar-refractivity contribution in [2.24, 2.45) is 0 Å². The minimum absolute atomic E-state index is 0.107. The van der Waals surface area contributed by atoms with Crippen LogP contribution < -0.4 is 16.6 Å². The zero-order valence-electron chi connectivity index (χ0n) is 18.4. The van der Waals surface area contributed by atoms with E-state index in [0.717, 1.165) is 21.8 Å². The number of halogens is 1. The summed E-state index contributed by atoms with van der Waals surface area (Å²) in [6.07, 6.45) is 2.95. The third kappa shape index (κ3) is 5.93. The number of nitrogens with one attached hydrogen (secondary N) is 1. The molecule has 1 atom stereocenters. The van der Waals surface area contributed by atoms with Gasteiger partial charge in [0.2, 0.25) is 5.82 Å². The highest BCUT2D eigenvalue weighted by Gasteiger charge is 2.22. The van der Waals surface area contributed by atoms with Gasteiger partial charge in [-0.15, -0.1) is 5.54 Å². The van der Waals surface area contributed by atoms with Crippen molar-refractivity contribution in [1.29, 1.82) is 0 Å². The van der Waals surface area contributed by atoms with E-state index in [1.807, 2.05) is 25.7 Å². The molecule has 0 bridgehead atoms. The molecule has 2 aromatic rings. The smallest absolute Gasteiger partial charge is 0.333 e. The number of rotatable bonds is 5. The van der Waals surface area contributed by atoms with Gasteiger partial charge in [0.1, 0.15) is 14.3 Å². The van der Waals surface area contributed by atoms with Gasteiger partial charge in [-0.25, -0.2) is 4.79 Å². The number of ether oxygens (including phenoxy) is 1. The Bertz CT molecular complexity index is 1190. The molecule has 7 nitrogen and oxygen atoms in total. The molecule has 9 heteroatoms. The maximum absolute atomic E-state index is 14.3. The quantitative estimate of drug-likeness (QED) is 0.427. The van der Waals surface area contributed by atoms with Gasteiger partial charge in [0, 0.05) is 12.3 Å². The number of benzene rings is 1. The number of aromatic nitrogens is 2. The third-order valence-corrected chi connectivity index (χ3v) is 5.57. The van der Waals surface area contributed by atoms with Gasteiger partial charge < -0.3 is 10.1 Å². The third-order valence-electron chi connectivity index (χ3n) is 4.70. The fraction of sp³-hybridized carbons (Fsp3) is 0.348. The second-order valence-corrected chi connectivity index (χ2v) is 13.2. The Labute approximate surface area is 186 Å². The molecule has 2 heterocycles. The number of allylic oxidation sites excluding steroid dienone is 1. The molecule has 0 unspecified atom stereocenters. The summed E-state index contributed by atoms with van der Waals surface area (Å²) in [5, 5.41) is 2.75. The molecule has 1 aliphatic rings. The summed E-state index contributed by atoms with van der Waals surface area (Å²) in [5.41, 5.74) is 2.06. The van der Waals surface area contributed by atoms with Gasteiger partial charge in [-0.2, -0.15) is 4.39 Å². The van der Waals surface area contributed by atoms with Gasteiger partial charge in [-0.05, 0) is 31.1 Å². The van der Waals surface area contributed by atoms with E-state index in [2.05, 4.69) is 16.8 Å². The molecule has 168 valence electrons. The normalized spacial score (nSPS) is 16.4. The summed E-state index contributed by atoms with van der Waals surface area (Å²) in [7, 11) is -1.82. The lowest BCUT2D eigenvalue weighted by Gasteiger charge is -2.15. The molecule has 0 spiro atoms. The zero-order chi connectivity index (χ0) is 23.3. The topological polar surface area (TPSA) is 82.3 Å². The Balaban J connectivity index is 1.97. The molecule has 1 amide bonds. The molecule has 3 rings (SSSR count). The molecule has 0 radical (unpaired) electrons. The molecule has 1 aromatic carbocycles. The average molecular weight is 456 g/mol. The van der Waals surface area contributed by atoms with Crippen LogP contribution in [0.2, 0.25) is 19.6 Å². The lowest BCUT2D eigenvalue weighted by Crippen LogP contribution is -2.42. The van der Waals surface area contributed by atoms with Crippen LogP contribution in [0.4, 0.5) is 10.1 Å². The summed E-state index contributed by atoms with van der Waals surface area (Å²) in [6.45, 7) is 6.27. The monoisotopic (exact) mass is 455 g/mol. The van der Waals surface area contributed by atoms with Crippen LogP contribution in [0.5, 0.6) is 0 Å². The average Bonchev–Trinajstić information content (AvgIpc) is 3.27. The summed E-state index contributed by atoms with van der Waals surface area (Å²) >= 11 is 0. The Morgan fingerprint density at radius 2 is 2.00 bits per heavy atom. The van der Waals surface area contributed by atoms with Gasteiger partial charge >= 0.3 is 5.69 Å². The van der Waals surface area contributed by atoms with Crippen molar-refractivity contribution in [3.8, 4) is 11.5 Å². The molecular formula is C23H26FN3O4Si. The SMILES string of the molecule is C[Si](C)(C)C#C/C(=C\Cn1c(=O)c(F)cn([C@H]2CCCO2)c1=O)C(=O)Nc1ccccc1. The number of carbonyl (C=O) groups is 1. The van der Waals surface area contributed by atoms with Gasteiger partial charge in [0.25, 0.3) is 11.5 Å². The lowest BCUT2D eigenvalue weighted by atomic mass is 10.2. The number of hydrogen-bond acceptors (Lipinski definition) is 4. The van der Waals surface area contributed by atoms with Gasteiger partial charge in [0.05, 0.1) is 18.3 Å². The highest BCUT2D eigenvalue weighted by atomic mass is 28.3. The van der Waals surface area contributed by atoms with Crippen LogP contribution in [0.3, 0.4) is 0 Å². The molecule has 1 aliphatic heterocycles. The highest BCUT2D eigenvalue weighted by molar-refractivity contribution is 6.83.